The lowest BCUT2D eigenvalue weighted by molar-refractivity contribution is 0.0696. The lowest BCUT2D eigenvalue weighted by Crippen LogP contribution is -2.24. The fraction of sp³-hybridized carbons (Fsp3) is 0.259. The SMILES string of the molecule is CCNS(=O)(=O)c1cnc2cc(-c3cnc(OC)nc3OC)ccc2c1Nc1cc(OC(C)C)cc(C(=O)O)c1. The Balaban J connectivity index is 1.91. The molecule has 4 rings (SSSR count). The largest absolute Gasteiger partial charge is 0.491 e. The second-order valence-electron chi connectivity index (χ2n) is 8.85. The molecule has 0 saturated carbocycles. The summed E-state index contributed by atoms with van der Waals surface area (Å²) in [5.41, 5.74) is 2.23. The van der Waals surface area contributed by atoms with Crippen molar-refractivity contribution in [2.24, 2.45) is 0 Å². The number of ether oxygens (including phenoxy) is 3. The molecule has 0 aliphatic heterocycles. The monoisotopic (exact) mass is 567 g/mol. The van der Waals surface area contributed by atoms with Gasteiger partial charge in [-0.3, -0.25) is 4.98 Å². The fourth-order valence-electron chi connectivity index (χ4n) is 4.03. The van der Waals surface area contributed by atoms with Crippen molar-refractivity contribution in [3.8, 4) is 28.8 Å². The van der Waals surface area contributed by atoms with Gasteiger partial charge in [-0.15, -0.1) is 0 Å². The van der Waals surface area contributed by atoms with E-state index in [-0.39, 0.29) is 34.8 Å². The highest BCUT2D eigenvalue weighted by molar-refractivity contribution is 7.89. The van der Waals surface area contributed by atoms with E-state index in [4.69, 9.17) is 14.2 Å². The Morgan fingerprint density at radius 1 is 1.05 bits per heavy atom. The van der Waals surface area contributed by atoms with Crippen LogP contribution < -0.4 is 24.2 Å². The van der Waals surface area contributed by atoms with Gasteiger partial charge in [0.15, 0.2) is 0 Å². The highest BCUT2D eigenvalue weighted by atomic mass is 32.2. The first kappa shape index (κ1) is 28.5. The number of rotatable bonds is 11. The highest BCUT2D eigenvalue weighted by Crippen LogP contribution is 2.37. The first-order chi connectivity index (χ1) is 19.1. The highest BCUT2D eigenvalue weighted by Gasteiger charge is 2.23. The Kier molecular flexibility index (Phi) is 8.35. The molecule has 0 atom stereocenters. The number of carbonyl (C=O) groups is 1. The van der Waals surface area contributed by atoms with Crippen LogP contribution >= 0.6 is 0 Å². The number of aromatic carboxylic acids is 1. The molecule has 210 valence electrons. The van der Waals surface area contributed by atoms with E-state index in [1.54, 1.807) is 37.4 Å². The van der Waals surface area contributed by atoms with E-state index in [2.05, 4.69) is 25.0 Å². The van der Waals surface area contributed by atoms with Crippen LogP contribution in [0.3, 0.4) is 0 Å². The summed E-state index contributed by atoms with van der Waals surface area (Å²) >= 11 is 0. The zero-order valence-electron chi connectivity index (χ0n) is 22.5. The molecule has 0 fully saturated rings. The lowest BCUT2D eigenvalue weighted by Gasteiger charge is -2.18. The summed E-state index contributed by atoms with van der Waals surface area (Å²) in [4.78, 5) is 24.5. The zero-order valence-corrected chi connectivity index (χ0v) is 23.4. The number of nitrogens with zero attached hydrogens (tertiary/aromatic N) is 3. The van der Waals surface area contributed by atoms with E-state index in [0.717, 1.165) is 0 Å². The van der Waals surface area contributed by atoms with Crippen LogP contribution in [0.4, 0.5) is 11.4 Å². The number of nitrogens with one attached hydrogen (secondary N) is 2. The Morgan fingerprint density at radius 2 is 1.82 bits per heavy atom. The van der Waals surface area contributed by atoms with E-state index >= 15 is 0 Å². The Labute approximate surface area is 231 Å². The molecular weight excluding hydrogens is 538 g/mol. The molecule has 13 heteroatoms. The van der Waals surface area contributed by atoms with E-state index in [1.807, 2.05) is 13.8 Å². The number of sulfonamides is 1. The maximum absolute atomic E-state index is 13.2. The molecular formula is C27H29N5O7S. The van der Waals surface area contributed by atoms with Gasteiger partial charge in [0, 0.05) is 36.1 Å². The third-order valence-corrected chi connectivity index (χ3v) is 7.23. The third-order valence-electron chi connectivity index (χ3n) is 5.67. The molecule has 4 aromatic rings. The molecule has 0 aliphatic carbocycles. The van der Waals surface area contributed by atoms with E-state index in [0.29, 0.717) is 39.3 Å². The van der Waals surface area contributed by atoms with E-state index in [1.165, 1.54) is 32.5 Å². The maximum atomic E-state index is 13.2. The van der Waals surface area contributed by atoms with Gasteiger partial charge < -0.3 is 24.6 Å². The number of methoxy groups -OCH3 is 2. The maximum Gasteiger partial charge on any atom is 0.335 e. The van der Waals surface area contributed by atoms with Gasteiger partial charge >= 0.3 is 12.0 Å². The average Bonchev–Trinajstić information content (AvgIpc) is 2.91. The summed E-state index contributed by atoms with van der Waals surface area (Å²) in [5, 5.41) is 13.2. The average molecular weight is 568 g/mol. The molecule has 0 unspecified atom stereocenters. The number of carboxylic acids is 1. The molecule has 0 amide bonds. The first-order valence-corrected chi connectivity index (χ1v) is 13.7. The van der Waals surface area contributed by atoms with Gasteiger partial charge in [0.05, 0.1) is 42.7 Å². The molecule has 0 bridgehead atoms. The van der Waals surface area contributed by atoms with Gasteiger partial charge in [0.25, 0.3) is 0 Å². The minimum Gasteiger partial charge on any atom is -0.491 e. The van der Waals surface area contributed by atoms with Gasteiger partial charge in [-0.2, -0.15) is 4.98 Å². The van der Waals surface area contributed by atoms with Crippen molar-refractivity contribution in [1.29, 1.82) is 0 Å². The van der Waals surface area contributed by atoms with Crippen LogP contribution in [0.1, 0.15) is 31.1 Å². The van der Waals surface area contributed by atoms with Gasteiger partial charge in [0.1, 0.15) is 10.6 Å². The van der Waals surface area contributed by atoms with Crippen LogP contribution in [0.5, 0.6) is 17.6 Å². The first-order valence-electron chi connectivity index (χ1n) is 12.3. The predicted molar refractivity (Wildman–Crippen MR) is 149 cm³/mol. The molecule has 12 nitrogen and oxygen atoms in total. The molecule has 2 aromatic carbocycles. The minimum absolute atomic E-state index is 0.0241. The standard InChI is InChI=1S/C27H29N5O7S/c1-6-30-40(35,36)23-14-28-22-11-16(21-13-29-27(38-5)32-25(21)37-4)7-8-20(22)24(23)31-18-9-17(26(33)34)10-19(12-18)39-15(2)3/h7-15,30H,6H2,1-5H3,(H,28,31)(H,33,34). The van der Waals surface area contributed by atoms with Crippen LogP contribution in [-0.4, -0.2) is 61.3 Å². The van der Waals surface area contributed by atoms with Crippen molar-refractivity contribution in [1.82, 2.24) is 19.7 Å². The van der Waals surface area contributed by atoms with Crippen molar-refractivity contribution in [2.45, 2.75) is 31.8 Å². The second kappa shape index (κ2) is 11.7. The molecule has 3 N–H and O–H groups in total. The number of anilines is 2. The molecule has 2 aromatic heterocycles. The van der Waals surface area contributed by atoms with Crippen molar-refractivity contribution in [3.63, 3.8) is 0 Å². The van der Waals surface area contributed by atoms with Gasteiger partial charge in [-0.25, -0.2) is 22.9 Å². The molecule has 40 heavy (non-hydrogen) atoms. The molecule has 0 radical (unpaired) electrons. The molecule has 2 heterocycles. The van der Waals surface area contributed by atoms with Crippen molar-refractivity contribution < 1.29 is 32.5 Å². The number of fused-ring (bicyclic) bond motifs is 1. The number of benzene rings is 2. The smallest absolute Gasteiger partial charge is 0.335 e. The summed E-state index contributed by atoms with van der Waals surface area (Å²) in [7, 11) is -1.04. The Hall–Kier alpha value is -4.49. The number of hydrogen-bond donors (Lipinski definition) is 3. The number of pyridine rings is 1. The number of aromatic nitrogens is 3. The minimum atomic E-state index is -3.97. The van der Waals surface area contributed by atoms with Crippen LogP contribution in [0.25, 0.3) is 22.0 Å². The van der Waals surface area contributed by atoms with E-state index < -0.39 is 16.0 Å². The van der Waals surface area contributed by atoms with E-state index in [9.17, 15) is 18.3 Å². The number of hydrogen-bond acceptors (Lipinski definition) is 10. The molecule has 0 saturated heterocycles. The molecule has 0 spiro atoms. The number of carboxylic acid groups (broad SMARTS) is 1. The summed E-state index contributed by atoms with van der Waals surface area (Å²) < 4.78 is 45.0. The normalized spacial score (nSPS) is 11.4. The fourth-order valence-corrected chi connectivity index (χ4v) is 5.18. The summed E-state index contributed by atoms with van der Waals surface area (Å²) in [6.45, 7) is 5.47. The van der Waals surface area contributed by atoms with Gasteiger partial charge in [0.2, 0.25) is 15.9 Å². The summed E-state index contributed by atoms with van der Waals surface area (Å²) in [6.07, 6.45) is 2.60. The third kappa shape index (κ3) is 6.05. The van der Waals surface area contributed by atoms with Crippen molar-refractivity contribution in [2.75, 3.05) is 26.1 Å². The lowest BCUT2D eigenvalue weighted by atomic mass is 10.0. The van der Waals surface area contributed by atoms with Crippen LogP contribution in [0.2, 0.25) is 0 Å². The topological polar surface area (TPSA) is 162 Å². The van der Waals surface area contributed by atoms with Crippen LogP contribution in [0.15, 0.2) is 53.7 Å². The van der Waals surface area contributed by atoms with Crippen molar-refractivity contribution in [3.05, 3.63) is 54.4 Å². The Morgan fingerprint density at radius 3 is 2.48 bits per heavy atom. The van der Waals surface area contributed by atoms with Crippen LogP contribution in [0, 0.1) is 0 Å². The van der Waals surface area contributed by atoms with Crippen molar-refractivity contribution >= 4 is 38.3 Å². The molecule has 0 aliphatic rings. The van der Waals surface area contributed by atoms with Gasteiger partial charge in [-0.1, -0.05) is 19.1 Å². The zero-order chi connectivity index (χ0) is 29.0. The Bertz CT molecular complexity index is 1680. The summed E-state index contributed by atoms with van der Waals surface area (Å²) in [6, 6.07) is 9.78. The van der Waals surface area contributed by atoms with Crippen LogP contribution in [-0.2, 0) is 10.0 Å². The summed E-state index contributed by atoms with van der Waals surface area (Å²) in [5.74, 6) is -0.544. The van der Waals surface area contributed by atoms with Gasteiger partial charge in [-0.05, 0) is 37.6 Å². The predicted octanol–water partition coefficient (Wildman–Crippen LogP) is 4.24. The quantitative estimate of drug-likeness (QED) is 0.238. The second-order valence-corrected chi connectivity index (χ2v) is 10.6.